The molecule has 0 spiro atoms. The maximum atomic E-state index is 3.69. The van der Waals surface area contributed by atoms with Crippen molar-refractivity contribution in [3.63, 3.8) is 0 Å². The van der Waals surface area contributed by atoms with E-state index in [1.807, 2.05) is 0 Å². The molecule has 2 nitrogen and oxygen atoms in total. The van der Waals surface area contributed by atoms with Crippen LogP contribution in [-0.2, 0) is 6.54 Å². The van der Waals surface area contributed by atoms with Crippen LogP contribution in [0.15, 0.2) is 18.2 Å². The Hall–Kier alpha value is -0.860. The molecule has 0 radical (unpaired) electrons. The Morgan fingerprint density at radius 1 is 1.11 bits per heavy atom. The van der Waals surface area contributed by atoms with Crippen LogP contribution in [0.4, 0.5) is 0 Å². The number of nitrogens with zero attached hydrogens (tertiary/aromatic N) is 1. The van der Waals surface area contributed by atoms with Gasteiger partial charge in [0.2, 0.25) is 0 Å². The molecule has 1 saturated heterocycles. The summed E-state index contributed by atoms with van der Waals surface area (Å²) in [5.41, 5.74) is 4.27. The van der Waals surface area contributed by atoms with E-state index in [2.05, 4.69) is 49.2 Å². The third-order valence-corrected chi connectivity index (χ3v) is 4.25. The van der Waals surface area contributed by atoms with E-state index in [4.69, 9.17) is 0 Å². The van der Waals surface area contributed by atoms with Crippen LogP contribution < -0.4 is 5.32 Å². The van der Waals surface area contributed by atoms with E-state index in [9.17, 15) is 0 Å². The summed E-state index contributed by atoms with van der Waals surface area (Å²) in [7, 11) is 0. The number of likely N-dealkylation sites (tertiary alicyclic amines) is 1. The molecule has 1 unspecified atom stereocenters. The van der Waals surface area contributed by atoms with Gasteiger partial charge in [0.25, 0.3) is 0 Å². The van der Waals surface area contributed by atoms with E-state index in [0.717, 1.165) is 6.54 Å². The zero-order valence-corrected chi connectivity index (χ0v) is 12.7. The molecule has 2 heteroatoms. The summed E-state index contributed by atoms with van der Waals surface area (Å²) < 4.78 is 0. The van der Waals surface area contributed by atoms with Crippen LogP contribution in [0.3, 0.4) is 0 Å². The molecule has 1 fully saturated rings. The van der Waals surface area contributed by atoms with E-state index >= 15 is 0 Å². The second kappa shape index (κ2) is 7.06. The lowest BCUT2D eigenvalue weighted by Crippen LogP contribution is -2.41. The largest absolute Gasteiger partial charge is 0.309 e. The second-order valence-corrected chi connectivity index (χ2v) is 6.01. The van der Waals surface area contributed by atoms with Crippen molar-refractivity contribution in [1.29, 1.82) is 0 Å². The number of hydrogen-bond donors (Lipinski definition) is 1. The van der Waals surface area contributed by atoms with Gasteiger partial charge >= 0.3 is 0 Å². The van der Waals surface area contributed by atoms with E-state index < -0.39 is 0 Å². The lowest BCUT2D eigenvalue weighted by molar-refractivity contribution is 0.209. The topological polar surface area (TPSA) is 15.3 Å². The molecule has 0 aliphatic carbocycles. The van der Waals surface area contributed by atoms with Gasteiger partial charge in [-0.15, -0.1) is 0 Å². The summed E-state index contributed by atoms with van der Waals surface area (Å²) in [6.07, 6.45) is 4.17. The molecular formula is C17H28N2. The van der Waals surface area contributed by atoms with Gasteiger partial charge in [-0.3, -0.25) is 0 Å². The highest BCUT2D eigenvalue weighted by Gasteiger charge is 2.13. The Kier molecular flexibility index (Phi) is 5.41. The first-order valence-corrected chi connectivity index (χ1v) is 7.67. The van der Waals surface area contributed by atoms with Crippen molar-refractivity contribution < 1.29 is 0 Å². The van der Waals surface area contributed by atoms with E-state index in [-0.39, 0.29) is 0 Å². The average Bonchev–Trinajstić information content (AvgIpc) is 2.39. The Morgan fingerprint density at radius 2 is 1.74 bits per heavy atom. The van der Waals surface area contributed by atoms with Crippen LogP contribution in [0.1, 0.15) is 42.9 Å². The van der Waals surface area contributed by atoms with E-state index in [1.165, 1.54) is 55.6 Å². The Bertz CT molecular complexity index is 374. The number of aryl methyl sites for hydroxylation is 2. The van der Waals surface area contributed by atoms with Crippen molar-refractivity contribution in [3.8, 4) is 0 Å². The molecule has 1 aromatic rings. The average molecular weight is 260 g/mol. The molecule has 2 rings (SSSR count). The number of hydrogen-bond acceptors (Lipinski definition) is 2. The molecule has 1 atom stereocenters. The van der Waals surface area contributed by atoms with Gasteiger partial charge in [0.05, 0.1) is 0 Å². The van der Waals surface area contributed by atoms with Gasteiger partial charge in [0.1, 0.15) is 0 Å². The predicted octanol–water partition coefficient (Wildman–Crippen LogP) is 3.27. The SMILES string of the molecule is Cc1cccc(C)c1CNC(C)CN1CCCCC1. The molecule has 1 aliphatic heterocycles. The van der Waals surface area contributed by atoms with Gasteiger partial charge in [-0.05, 0) is 63.4 Å². The third-order valence-electron chi connectivity index (χ3n) is 4.25. The highest BCUT2D eigenvalue weighted by molar-refractivity contribution is 5.33. The summed E-state index contributed by atoms with van der Waals surface area (Å²) in [6, 6.07) is 7.13. The maximum absolute atomic E-state index is 3.69. The summed E-state index contributed by atoms with van der Waals surface area (Å²) in [5.74, 6) is 0. The van der Waals surface area contributed by atoms with Crippen LogP contribution >= 0.6 is 0 Å². The zero-order chi connectivity index (χ0) is 13.7. The van der Waals surface area contributed by atoms with E-state index in [1.54, 1.807) is 0 Å². The highest BCUT2D eigenvalue weighted by Crippen LogP contribution is 2.13. The maximum Gasteiger partial charge on any atom is 0.0213 e. The highest BCUT2D eigenvalue weighted by atomic mass is 15.1. The van der Waals surface area contributed by atoms with Crippen LogP contribution in [0.25, 0.3) is 0 Å². The normalized spacial score (nSPS) is 18.5. The number of piperidine rings is 1. The fraction of sp³-hybridized carbons (Fsp3) is 0.647. The molecule has 0 amide bonds. The quantitative estimate of drug-likeness (QED) is 0.874. The van der Waals surface area contributed by atoms with Crippen LogP contribution in [0, 0.1) is 13.8 Å². The van der Waals surface area contributed by atoms with Crippen molar-refractivity contribution in [3.05, 3.63) is 34.9 Å². The molecule has 1 heterocycles. The van der Waals surface area contributed by atoms with Crippen LogP contribution in [0.5, 0.6) is 0 Å². The Morgan fingerprint density at radius 3 is 2.37 bits per heavy atom. The second-order valence-electron chi connectivity index (χ2n) is 6.01. The Balaban J connectivity index is 1.81. The lowest BCUT2D eigenvalue weighted by atomic mass is 10.0. The molecule has 0 saturated carbocycles. The van der Waals surface area contributed by atoms with Crippen molar-refractivity contribution in [2.45, 2.75) is 52.6 Å². The fourth-order valence-corrected chi connectivity index (χ4v) is 3.00. The standard InChI is InChI=1S/C17H28N2/c1-14-8-7-9-15(2)17(14)12-18-16(3)13-19-10-5-4-6-11-19/h7-9,16,18H,4-6,10-13H2,1-3H3. The molecule has 1 aliphatic rings. The Labute approximate surface area is 118 Å². The molecule has 1 aromatic carbocycles. The predicted molar refractivity (Wildman–Crippen MR) is 82.5 cm³/mol. The van der Waals surface area contributed by atoms with Gasteiger partial charge in [-0.25, -0.2) is 0 Å². The minimum Gasteiger partial charge on any atom is -0.309 e. The number of benzene rings is 1. The first-order valence-electron chi connectivity index (χ1n) is 7.67. The van der Waals surface area contributed by atoms with Crippen molar-refractivity contribution in [1.82, 2.24) is 10.2 Å². The lowest BCUT2D eigenvalue weighted by Gasteiger charge is -2.29. The molecule has 1 N–H and O–H groups in total. The summed E-state index contributed by atoms with van der Waals surface area (Å²) in [5, 5.41) is 3.69. The smallest absolute Gasteiger partial charge is 0.0213 e. The summed E-state index contributed by atoms with van der Waals surface area (Å²) in [6.45, 7) is 11.5. The van der Waals surface area contributed by atoms with Crippen LogP contribution in [0.2, 0.25) is 0 Å². The zero-order valence-electron chi connectivity index (χ0n) is 12.7. The fourth-order valence-electron chi connectivity index (χ4n) is 3.00. The summed E-state index contributed by atoms with van der Waals surface area (Å²) >= 11 is 0. The number of nitrogens with one attached hydrogen (secondary N) is 1. The van der Waals surface area contributed by atoms with Crippen molar-refractivity contribution >= 4 is 0 Å². The van der Waals surface area contributed by atoms with Crippen LogP contribution in [-0.4, -0.2) is 30.6 Å². The van der Waals surface area contributed by atoms with Gasteiger partial charge in [-0.2, -0.15) is 0 Å². The monoisotopic (exact) mass is 260 g/mol. The molecular weight excluding hydrogens is 232 g/mol. The number of rotatable bonds is 5. The minimum absolute atomic E-state index is 0.567. The molecule has 19 heavy (non-hydrogen) atoms. The van der Waals surface area contributed by atoms with Crippen molar-refractivity contribution in [2.24, 2.45) is 0 Å². The molecule has 106 valence electrons. The van der Waals surface area contributed by atoms with Gasteiger partial charge in [0.15, 0.2) is 0 Å². The molecule has 0 aromatic heterocycles. The first-order chi connectivity index (χ1) is 9.16. The minimum atomic E-state index is 0.567. The summed E-state index contributed by atoms with van der Waals surface area (Å²) in [4.78, 5) is 2.60. The van der Waals surface area contributed by atoms with Crippen molar-refractivity contribution in [2.75, 3.05) is 19.6 Å². The van der Waals surface area contributed by atoms with E-state index in [0.29, 0.717) is 6.04 Å². The third kappa shape index (κ3) is 4.32. The molecule has 0 bridgehead atoms. The van der Waals surface area contributed by atoms with Gasteiger partial charge < -0.3 is 10.2 Å². The van der Waals surface area contributed by atoms with Gasteiger partial charge in [0, 0.05) is 19.1 Å². The van der Waals surface area contributed by atoms with Gasteiger partial charge in [-0.1, -0.05) is 24.6 Å². The first kappa shape index (κ1) is 14.5.